The lowest BCUT2D eigenvalue weighted by Crippen LogP contribution is -2.45. The van der Waals surface area contributed by atoms with Gasteiger partial charge in [-0.3, -0.25) is 0 Å². The van der Waals surface area contributed by atoms with Crippen molar-refractivity contribution in [2.24, 2.45) is 17.3 Å². The maximum atomic E-state index is 10.6. The van der Waals surface area contributed by atoms with E-state index in [0.717, 1.165) is 12.8 Å². The highest BCUT2D eigenvalue weighted by molar-refractivity contribution is 5.05. The fourth-order valence-corrected chi connectivity index (χ4v) is 2.60. The van der Waals surface area contributed by atoms with Crippen LogP contribution in [0, 0.1) is 17.3 Å². The number of allylic oxidation sites excluding steroid dienone is 1. The zero-order valence-corrected chi connectivity index (χ0v) is 9.30. The van der Waals surface area contributed by atoms with Crippen LogP contribution in [0.3, 0.4) is 0 Å². The highest BCUT2D eigenvalue weighted by Crippen LogP contribution is 2.49. The highest BCUT2D eigenvalue weighted by Gasteiger charge is 2.50. The molecule has 0 saturated heterocycles. The third-order valence-electron chi connectivity index (χ3n) is 3.86. The zero-order valence-electron chi connectivity index (χ0n) is 9.30. The Kier molecular flexibility index (Phi) is 2.59. The van der Waals surface area contributed by atoms with Crippen LogP contribution in [-0.2, 0) is 0 Å². The van der Waals surface area contributed by atoms with E-state index in [1.165, 1.54) is 0 Å². The molecule has 1 aliphatic carbocycles. The number of aliphatic hydroxyl groups is 1. The summed E-state index contributed by atoms with van der Waals surface area (Å²) >= 11 is 0. The summed E-state index contributed by atoms with van der Waals surface area (Å²) in [6, 6.07) is 0. The maximum absolute atomic E-state index is 10.6. The molecular weight excluding hydrogens is 160 g/mol. The topological polar surface area (TPSA) is 20.2 Å². The molecule has 13 heavy (non-hydrogen) atoms. The summed E-state index contributed by atoms with van der Waals surface area (Å²) < 4.78 is 0. The molecule has 1 N–H and O–H groups in total. The molecule has 0 aliphatic heterocycles. The minimum atomic E-state index is -0.508. The van der Waals surface area contributed by atoms with Gasteiger partial charge in [0.05, 0.1) is 5.60 Å². The number of hydrogen-bond donors (Lipinski definition) is 1. The summed E-state index contributed by atoms with van der Waals surface area (Å²) in [5, 5.41) is 10.6. The molecule has 0 unspecified atom stereocenters. The molecule has 0 aromatic heterocycles. The molecule has 0 bridgehead atoms. The normalized spacial score (nSPS) is 40.7. The smallest absolute Gasteiger partial charge is 0.0726 e. The third-order valence-corrected chi connectivity index (χ3v) is 3.86. The molecular formula is C12H22O. The Morgan fingerprint density at radius 3 is 2.23 bits per heavy atom. The van der Waals surface area contributed by atoms with Crippen LogP contribution in [0.25, 0.3) is 0 Å². The molecule has 0 radical (unpaired) electrons. The molecule has 76 valence electrons. The van der Waals surface area contributed by atoms with Crippen molar-refractivity contribution in [1.29, 1.82) is 0 Å². The standard InChI is InChI=1S/C12H22O/c1-6-10-7-8-12(13,9(10)2)11(3,4)5/h6,9-10,13H,1,7-8H2,2-5H3/t9-,10+,12+/m0/s1. The van der Waals surface area contributed by atoms with E-state index in [4.69, 9.17) is 0 Å². The SMILES string of the molecule is C=C[C@@H]1CC[C@](O)(C(C)(C)C)[C@H]1C. The van der Waals surface area contributed by atoms with Crippen molar-refractivity contribution in [3.05, 3.63) is 12.7 Å². The van der Waals surface area contributed by atoms with E-state index >= 15 is 0 Å². The van der Waals surface area contributed by atoms with Crippen molar-refractivity contribution in [3.8, 4) is 0 Å². The number of hydrogen-bond acceptors (Lipinski definition) is 1. The van der Waals surface area contributed by atoms with Crippen LogP contribution >= 0.6 is 0 Å². The predicted molar refractivity (Wildman–Crippen MR) is 56.5 cm³/mol. The molecule has 1 saturated carbocycles. The molecule has 1 fully saturated rings. The van der Waals surface area contributed by atoms with E-state index in [0.29, 0.717) is 11.8 Å². The summed E-state index contributed by atoms with van der Waals surface area (Å²) in [5.41, 5.74) is -0.532. The summed E-state index contributed by atoms with van der Waals surface area (Å²) in [5.74, 6) is 0.828. The Morgan fingerprint density at radius 1 is 1.46 bits per heavy atom. The molecule has 0 heterocycles. The summed E-state index contributed by atoms with van der Waals surface area (Å²) in [6.07, 6.45) is 3.99. The summed E-state index contributed by atoms with van der Waals surface area (Å²) in [6.45, 7) is 12.3. The lowest BCUT2D eigenvalue weighted by atomic mass is 9.70. The lowest BCUT2D eigenvalue weighted by Gasteiger charge is -2.41. The van der Waals surface area contributed by atoms with Gasteiger partial charge in [0, 0.05) is 0 Å². The van der Waals surface area contributed by atoms with Crippen molar-refractivity contribution < 1.29 is 5.11 Å². The fourth-order valence-electron chi connectivity index (χ4n) is 2.60. The van der Waals surface area contributed by atoms with Gasteiger partial charge in [0.15, 0.2) is 0 Å². The first-order valence-corrected chi connectivity index (χ1v) is 5.18. The molecule has 0 aromatic rings. The molecule has 0 aromatic carbocycles. The molecule has 1 rings (SSSR count). The second-order valence-corrected chi connectivity index (χ2v) is 5.40. The predicted octanol–water partition coefficient (Wildman–Crippen LogP) is 3.00. The lowest BCUT2D eigenvalue weighted by molar-refractivity contribution is -0.0865. The summed E-state index contributed by atoms with van der Waals surface area (Å²) in [7, 11) is 0. The van der Waals surface area contributed by atoms with Crippen LogP contribution in [0.4, 0.5) is 0 Å². The second-order valence-electron chi connectivity index (χ2n) is 5.40. The Balaban J connectivity index is 2.89. The Morgan fingerprint density at radius 2 is 2.00 bits per heavy atom. The molecule has 0 amide bonds. The van der Waals surface area contributed by atoms with Crippen molar-refractivity contribution in [1.82, 2.24) is 0 Å². The van der Waals surface area contributed by atoms with Gasteiger partial charge in [-0.05, 0) is 30.1 Å². The average molecular weight is 182 g/mol. The quantitative estimate of drug-likeness (QED) is 0.618. The van der Waals surface area contributed by atoms with Gasteiger partial charge >= 0.3 is 0 Å². The maximum Gasteiger partial charge on any atom is 0.0726 e. The van der Waals surface area contributed by atoms with Crippen LogP contribution in [0.1, 0.15) is 40.5 Å². The van der Waals surface area contributed by atoms with Gasteiger partial charge in [-0.15, -0.1) is 6.58 Å². The van der Waals surface area contributed by atoms with Crippen LogP contribution in [0.15, 0.2) is 12.7 Å². The van der Waals surface area contributed by atoms with E-state index in [9.17, 15) is 5.11 Å². The Labute approximate surface area is 81.9 Å². The van der Waals surface area contributed by atoms with Gasteiger partial charge in [-0.25, -0.2) is 0 Å². The fraction of sp³-hybridized carbons (Fsp3) is 0.833. The minimum Gasteiger partial charge on any atom is -0.389 e. The Hall–Kier alpha value is -0.300. The van der Waals surface area contributed by atoms with E-state index in [-0.39, 0.29) is 5.41 Å². The van der Waals surface area contributed by atoms with Crippen molar-refractivity contribution in [3.63, 3.8) is 0 Å². The van der Waals surface area contributed by atoms with Crippen LogP contribution in [-0.4, -0.2) is 10.7 Å². The molecule has 3 atom stereocenters. The van der Waals surface area contributed by atoms with E-state index in [1.807, 2.05) is 6.08 Å². The molecule has 1 nitrogen and oxygen atoms in total. The average Bonchev–Trinajstić information content (AvgIpc) is 2.29. The first kappa shape index (κ1) is 10.8. The van der Waals surface area contributed by atoms with Crippen molar-refractivity contribution >= 4 is 0 Å². The van der Waals surface area contributed by atoms with E-state index in [2.05, 4.69) is 34.3 Å². The van der Waals surface area contributed by atoms with Gasteiger partial charge < -0.3 is 5.11 Å². The Bertz CT molecular complexity index is 202. The van der Waals surface area contributed by atoms with Crippen LogP contribution < -0.4 is 0 Å². The second kappa shape index (κ2) is 3.13. The molecule has 1 aliphatic rings. The van der Waals surface area contributed by atoms with Gasteiger partial charge in [-0.2, -0.15) is 0 Å². The zero-order chi connectivity index (χ0) is 10.3. The van der Waals surface area contributed by atoms with Crippen LogP contribution in [0.2, 0.25) is 0 Å². The van der Waals surface area contributed by atoms with Gasteiger partial charge in [0.2, 0.25) is 0 Å². The first-order valence-electron chi connectivity index (χ1n) is 5.18. The van der Waals surface area contributed by atoms with E-state index < -0.39 is 5.60 Å². The van der Waals surface area contributed by atoms with Crippen molar-refractivity contribution in [2.45, 2.75) is 46.1 Å². The van der Waals surface area contributed by atoms with E-state index in [1.54, 1.807) is 0 Å². The molecule has 1 heteroatoms. The van der Waals surface area contributed by atoms with Crippen molar-refractivity contribution in [2.75, 3.05) is 0 Å². The van der Waals surface area contributed by atoms with Crippen LogP contribution in [0.5, 0.6) is 0 Å². The minimum absolute atomic E-state index is 0.0236. The highest BCUT2D eigenvalue weighted by atomic mass is 16.3. The first-order chi connectivity index (χ1) is 5.83. The third kappa shape index (κ3) is 1.54. The number of rotatable bonds is 1. The van der Waals surface area contributed by atoms with Gasteiger partial charge in [-0.1, -0.05) is 33.8 Å². The molecule has 0 spiro atoms. The largest absolute Gasteiger partial charge is 0.389 e. The van der Waals surface area contributed by atoms with Gasteiger partial charge in [0.1, 0.15) is 0 Å². The monoisotopic (exact) mass is 182 g/mol. The summed E-state index contributed by atoms with van der Waals surface area (Å²) in [4.78, 5) is 0. The van der Waals surface area contributed by atoms with Gasteiger partial charge in [0.25, 0.3) is 0 Å².